The maximum absolute atomic E-state index is 6.76. The van der Waals surface area contributed by atoms with Crippen molar-refractivity contribution in [2.24, 2.45) is 5.92 Å². The molecule has 0 fully saturated rings. The molecule has 10 rings (SSSR count). The highest BCUT2D eigenvalue weighted by Gasteiger charge is 2.26. The Bertz CT molecular complexity index is 2750. The molecule has 0 radical (unpaired) electrons. The number of benzene rings is 6. The Morgan fingerprint density at radius 2 is 1.29 bits per heavy atom. The van der Waals surface area contributed by atoms with Crippen LogP contribution in [-0.4, -0.2) is 14.5 Å². The van der Waals surface area contributed by atoms with Gasteiger partial charge in [0.1, 0.15) is 17.0 Å². The third-order valence-electron chi connectivity index (χ3n) is 10.3. The molecular formula is C47H33N3O. The predicted octanol–water partition coefficient (Wildman–Crippen LogP) is 12.2. The zero-order valence-corrected chi connectivity index (χ0v) is 28.1. The van der Waals surface area contributed by atoms with Crippen LogP contribution in [0.15, 0.2) is 174 Å². The van der Waals surface area contributed by atoms with E-state index in [0.717, 1.165) is 71.9 Å². The van der Waals surface area contributed by atoms with Gasteiger partial charge in [0.15, 0.2) is 5.82 Å². The van der Waals surface area contributed by atoms with Crippen molar-refractivity contribution in [1.82, 2.24) is 14.5 Å². The third kappa shape index (κ3) is 4.83. The van der Waals surface area contributed by atoms with Gasteiger partial charge in [-0.2, -0.15) is 0 Å². The van der Waals surface area contributed by atoms with E-state index in [1.807, 2.05) is 30.3 Å². The number of hydrogen-bond donors (Lipinski definition) is 0. The van der Waals surface area contributed by atoms with Crippen LogP contribution in [0, 0.1) is 5.92 Å². The minimum Gasteiger partial charge on any atom is -0.455 e. The zero-order chi connectivity index (χ0) is 33.9. The summed E-state index contributed by atoms with van der Waals surface area (Å²) < 4.78 is 9.09. The van der Waals surface area contributed by atoms with E-state index < -0.39 is 0 Å². The molecule has 4 nitrogen and oxygen atoms in total. The van der Waals surface area contributed by atoms with Gasteiger partial charge in [-0.05, 0) is 35.3 Å². The van der Waals surface area contributed by atoms with Gasteiger partial charge in [0.05, 0.1) is 22.1 Å². The number of allylic oxidation sites excluding steroid dienone is 4. The van der Waals surface area contributed by atoms with Gasteiger partial charge in [0.25, 0.3) is 0 Å². The van der Waals surface area contributed by atoms with Crippen LogP contribution in [0.25, 0.3) is 77.8 Å². The van der Waals surface area contributed by atoms with Crippen LogP contribution in [0.1, 0.15) is 24.0 Å². The molecule has 6 aromatic carbocycles. The van der Waals surface area contributed by atoms with E-state index in [-0.39, 0.29) is 0 Å². The topological polar surface area (TPSA) is 43.9 Å². The molecule has 9 aromatic rings. The maximum atomic E-state index is 6.76. The summed E-state index contributed by atoms with van der Waals surface area (Å²) in [5.41, 5.74) is 10.5. The number of rotatable bonds is 5. The fraction of sp³-hybridized carbons (Fsp3) is 0.0638. The summed E-state index contributed by atoms with van der Waals surface area (Å²) in [5, 5.41) is 4.43. The van der Waals surface area contributed by atoms with Crippen LogP contribution in [0.5, 0.6) is 0 Å². The first-order chi connectivity index (χ1) is 25.2. The van der Waals surface area contributed by atoms with Gasteiger partial charge >= 0.3 is 0 Å². The molecule has 242 valence electrons. The van der Waals surface area contributed by atoms with Crippen LogP contribution >= 0.6 is 0 Å². The lowest BCUT2D eigenvalue weighted by Gasteiger charge is -2.24. The van der Waals surface area contributed by atoms with Gasteiger partial charge in [-0.15, -0.1) is 0 Å². The molecule has 0 aliphatic heterocycles. The molecule has 2 atom stereocenters. The summed E-state index contributed by atoms with van der Waals surface area (Å²) in [6, 6.07) is 52.9. The molecule has 3 heterocycles. The average Bonchev–Trinajstić information content (AvgIpc) is 3.74. The number of aromatic nitrogens is 3. The molecule has 1 aliphatic rings. The van der Waals surface area contributed by atoms with E-state index in [0.29, 0.717) is 17.7 Å². The molecule has 4 heteroatoms. The van der Waals surface area contributed by atoms with Crippen LogP contribution in [-0.2, 0) is 0 Å². The van der Waals surface area contributed by atoms with Crippen molar-refractivity contribution in [3.8, 4) is 28.5 Å². The van der Waals surface area contributed by atoms with Crippen molar-refractivity contribution in [2.45, 2.75) is 12.8 Å². The number of nitrogens with zero attached hydrogens (tertiary/aromatic N) is 3. The first kappa shape index (κ1) is 29.4. The second-order valence-corrected chi connectivity index (χ2v) is 13.4. The van der Waals surface area contributed by atoms with E-state index in [4.69, 9.17) is 14.4 Å². The Balaban J connectivity index is 1.31. The van der Waals surface area contributed by atoms with Crippen LogP contribution in [0.4, 0.5) is 0 Å². The first-order valence-corrected chi connectivity index (χ1v) is 17.5. The molecule has 0 N–H and O–H groups in total. The highest BCUT2D eigenvalue weighted by atomic mass is 16.3. The number of fused-ring (bicyclic) bond motifs is 7. The van der Waals surface area contributed by atoms with Crippen LogP contribution in [0.2, 0.25) is 0 Å². The minimum absolute atomic E-state index is 0.297. The molecule has 0 saturated carbocycles. The average molecular weight is 656 g/mol. The van der Waals surface area contributed by atoms with E-state index >= 15 is 0 Å². The minimum atomic E-state index is 0.297. The summed E-state index contributed by atoms with van der Waals surface area (Å²) in [6.45, 7) is 2.32. The lowest BCUT2D eigenvalue weighted by atomic mass is 9.80. The van der Waals surface area contributed by atoms with Gasteiger partial charge in [-0.25, -0.2) is 9.97 Å². The second kappa shape index (κ2) is 11.8. The highest BCUT2D eigenvalue weighted by Crippen LogP contribution is 2.46. The van der Waals surface area contributed by atoms with E-state index in [1.54, 1.807) is 0 Å². The molecule has 1 aliphatic carbocycles. The normalized spacial score (nSPS) is 16.0. The van der Waals surface area contributed by atoms with Gasteiger partial charge in [0, 0.05) is 44.8 Å². The summed E-state index contributed by atoms with van der Waals surface area (Å²) >= 11 is 0. The number of hydrogen-bond acceptors (Lipinski definition) is 3. The molecule has 3 aromatic heterocycles. The predicted molar refractivity (Wildman–Crippen MR) is 210 cm³/mol. The number of para-hydroxylation sites is 2. The Morgan fingerprint density at radius 1 is 0.627 bits per heavy atom. The standard InChI is InChI=1S/C47H33N3O/c1-30-27-34(25-26-35(30)31-15-5-2-6-16-31)38-28-39-36-21-12-14-24-42(36)51-46(39)44-37-22-11-13-23-41(37)50(45(38)44)43-29-40(32-17-7-3-8-18-32)48-47(49-43)33-19-9-4-10-20-33/h2-30,35H,1H3. The first-order valence-electron chi connectivity index (χ1n) is 17.5. The fourth-order valence-electron chi connectivity index (χ4n) is 7.91. The Morgan fingerprint density at radius 3 is 2.06 bits per heavy atom. The molecule has 51 heavy (non-hydrogen) atoms. The Kier molecular flexibility index (Phi) is 6.81. The zero-order valence-electron chi connectivity index (χ0n) is 28.1. The summed E-state index contributed by atoms with van der Waals surface area (Å²) in [4.78, 5) is 10.4. The van der Waals surface area contributed by atoms with Gasteiger partial charge < -0.3 is 4.42 Å². The van der Waals surface area contributed by atoms with E-state index in [9.17, 15) is 0 Å². The van der Waals surface area contributed by atoms with Gasteiger partial charge in [0.2, 0.25) is 0 Å². The van der Waals surface area contributed by atoms with Crippen molar-refractivity contribution >= 4 is 49.3 Å². The Labute approximate surface area is 295 Å². The molecule has 0 spiro atoms. The molecule has 0 saturated heterocycles. The highest BCUT2D eigenvalue weighted by molar-refractivity contribution is 6.26. The van der Waals surface area contributed by atoms with E-state index in [1.165, 1.54) is 11.1 Å². The van der Waals surface area contributed by atoms with Crippen molar-refractivity contribution in [2.75, 3.05) is 0 Å². The third-order valence-corrected chi connectivity index (χ3v) is 10.3. The molecule has 0 amide bonds. The number of furan rings is 1. The maximum Gasteiger partial charge on any atom is 0.162 e. The lowest BCUT2D eigenvalue weighted by Crippen LogP contribution is -2.09. The summed E-state index contributed by atoms with van der Waals surface area (Å²) in [6.07, 6.45) is 7.12. The van der Waals surface area contributed by atoms with Gasteiger partial charge in [-0.1, -0.05) is 153 Å². The van der Waals surface area contributed by atoms with Crippen LogP contribution < -0.4 is 0 Å². The molecular weight excluding hydrogens is 623 g/mol. The van der Waals surface area contributed by atoms with Crippen molar-refractivity contribution in [1.29, 1.82) is 0 Å². The summed E-state index contributed by atoms with van der Waals surface area (Å²) in [5.74, 6) is 2.09. The Hall–Kier alpha value is -6.52. The quantitative estimate of drug-likeness (QED) is 0.185. The second-order valence-electron chi connectivity index (χ2n) is 13.4. The molecule has 2 unspecified atom stereocenters. The smallest absolute Gasteiger partial charge is 0.162 e. The van der Waals surface area contributed by atoms with Crippen LogP contribution in [0.3, 0.4) is 0 Å². The molecule has 0 bridgehead atoms. The van der Waals surface area contributed by atoms with Crippen molar-refractivity contribution in [3.05, 3.63) is 181 Å². The lowest BCUT2D eigenvalue weighted by molar-refractivity contribution is 0.638. The van der Waals surface area contributed by atoms with Gasteiger partial charge in [-0.3, -0.25) is 4.57 Å². The largest absolute Gasteiger partial charge is 0.455 e. The monoisotopic (exact) mass is 655 g/mol. The SMILES string of the molecule is CC1C=C(c2cc3c4ccccc4oc3c3c4ccccc4n(-c4cc(-c5ccccc5)nc(-c5ccccc5)n4)c23)C=CC1c1ccccc1. The summed E-state index contributed by atoms with van der Waals surface area (Å²) in [7, 11) is 0. The van der Waals surface area contributed by atoms with E-state index in [2.05, 4.69) is 151 Å². The van der Waals surface area contributed by atoms with Crippen molar-refractivity contribution in [3.63, 3.8) is 0 Å². The van der Waals surface area contributed by atoms with Crippen molar-refractivity contribution < 1.29 is 4.42 Å². The fourth-order valence-corrected chi connectivity index (χ4v) is 7.91.